The Morgan fingerprint density at radius 2 is 2.33 bits per heavy atom. The van der Waals surface area contributed by atoms with Crippen molar-refractivity contribution in [3.05, 3.63) is 24.4 Å². The first-order chi connectivity index (χ1) is 7.33. The monoisotopic (exact) mass is 205 g/mol. The van der Waals surface area contributed by atoms with E-state index in [4.69, 9.17) is 0 Å². The van der Waals surface area contributed by atoms with Crippen molar-refractivity contribution in [1.29, 1.82) is 0 Å². The Bertz CT molecular complexity index is 428. The molecule has 0 radical (unpaired) electrons. The van der Waals surface area contributed by atoms with Gasteiger partial charge in [0.25, 0.3) is 0 Å². The van der Waals surface area contributed by atoms with E-state index in [2.05, 4.69) is 27.3 Å². The third-order valence-corrected chi connectivity index (χ3v) is 2.24. The molecule has 2 heterocycles. The lowest BCUT2D eigenvalue weighted by Gasteiger charge is -1.93. The van der Waals surface area contributed by atoms with Gasteiger partial charge in [0.05, 0.1) is 24.6 Å². The molecule has 0 aliphatic carbocycles. The minimum atomic E-state index is 0.752. The maximum absolute atomic E-state index is 4.26. The lowest BCUT2D eigenvalue weighted by atomic mass is 10.3. The largest absolute Gasteiger partial charge is 0.341 e. The molecule has 15 heavy (non-hydrogen) atoms. The number of aromatic nitrogens is 4. The molecule has 5 nitrogen and oxygen atoms in total. The summed E-state index contributed by atoms with van der Waals surface area (Å²) in [5.74, 6) is 0.941. The maximum Gasteiger partial charge on any atom is 0.120 e. The first-order valence-electron chi connectivity index (χ1n) is 5.04. The number of imidazole rings is 1. The number of nitrogens with one attached hydrogen (secondary N) is 2. The molecule has 2 aromatic heterocycles. The summed E-state index contributed by atoms with van der Waals surface area (Å²) < 4.78 is 1.90. The first-order valence-corrected chi connectivity index (χ1v) is 5.04. The molecule has 0 bridgehead atoms. The van der Waals surface area contributed by atoms with Gasteiger partial charge in [-0.25, -0.2) is 4.98 Å². The summed E-state index contributed by atoms with van der Waals surface area (Å²) in [6.45, 7) is 3.70. The van der Waals surface area contributed by atoms with E-state index in [1.54, 1.807) is 0 Å². The summed E-state index contributed by atoms with van der Waals surface area (Å²) >= 11 is 0. The van der Waals surface area contributed by atoms with Gasteiger partial charge in [-0.2, -0.15) is 5.10 Å². The Balaban J connectivity index is 2.21. The van der Waals surface area contributed by atoms with Crippen molar-refractivity contribution in [2.45, 2.75) is 20.0 Å². The van der Waals surface area contributed by atoms with E-state index in [1.807, 2.05) is 30.3 Å². The highest BCUT2D eigenvalue weighted by molar-refractivity contribution is 5.55. The van der Waals surface area contributed by atoms with E-state index in [9.17, 15) is 0 Å². The van der Waals surface area contributed by atoms with Crippen molar-refractivity contribution in [2.75, 3.05) is 7.05 Å². The zero-order valence-electron chi connectivity index (χ0n) is 8.99. The summed E-state index contributed by atoms with van der Waals surface area (Å²) in [7, 11) is 1.90. The Morgan fingerprint density at radius 3 is 3.00 bits per heavy atom. The predicted octanol–water partition coefficient (Wildman–Crippen LogP) is 1.01. The standard InChI is InChI=1S/C10H15N5/c1-3-15-7-8(4-13-15)9-5-12-10(14-9)6-11-2/h4-5,7,11H,3,6H2,1-2H3,(H,12,14). The van der Waals surface area contributed by atoms with Crippen LogP contribution in [0.15, 0.2) is 18.6 Å². The summed E-state index contributed by atoms with van der Waals surface area (Å²) in [5, 5.41) is 7.27. The van der Waals surface area contributed by atoms with Crippen molar-refractivity contribution in [3.8, 4) is 11.3 Å². The first kappa shape index (κ1) is 9.92. The molecule has 0 saturated carbocycles. The van der Waals surface area contributed by atoms with Gasteiger partial charge in [-0.3, -0.25) is 4.68 Å². The summed E-state index contributed by atoms with van der Waals surface area (Å²) in [6.07, 6.45) is 5.69. The average Bonchev–Trinajstić information content (AvgIpc) is 2.85. The van der Waals surface area contributed by atoms with Crippen LogP contribution in [0.5, 0.6) is 0 Å². The molecule has 2 rings (SSSR count). The summed E-state index contributed by atoms with van der Waals surface area (Å²) in [4.78, 5) is 7.50. The molecule has 80 valence electrons. The molecule has 0 saturated heterocycles. The fourth-order valence-electron chi connectivity index (χ4n) is 1.44. The number of H-pyrrole nitrogens is 1. The molecule has 0 aliphatic rings. The highest BCUT2D eigenvalue weighted by Crippen LogP contribution is 2.15. The van der Waals surface area contributed by atoms with Gasteiger partial charge in [0.1, 0.15) is 5.82 Å². The number of hydrogen-bond donors (Lipinski definition) is 2. The minimum Gasteiger partial charge on any atom is -0.341 e. The van der Waals surface area contributed by atoms with E-state index in [-0.39, 0.29) is 0 Å². The molecule has 0 aromatic carbocycles. The maximum atomic E-state index is 4.26. The second-order valence-corrected chi connectivity index (χ2v) is 3.36. The molecule has 2 aromatic rings. The molecule has 0 atom stereocenters. The molecule has 0 aliphatic heterocycles. The number of rotatable bonds is 4. The zero-order valence-corrected chi connectivity index (χ0v) is 8.99. The molecule has 2 N–H and O–H groups in total. The van der Waals surface area contributed by atoms with Gasteiger partial charge in [-0.05, 0) is 14.0 Å². The third-order valence-electron chi connectivity index (χ3n) is 2.24. The van der Waals surface area contributed by atoms with Crippen LogP contribution in [0.25, 0.3) is 11.3 Å². The molecule has 0 amide bonds. The highest BCUT2D eigenvalue weighted by atomic mass is 15.3. The van der Waals surface area contributed by atoms with Crippen LogP contribution in [0.1, 0.15) is 12.7 Å². The quantitative estimate of drug-likeness (QED) is 0.783. The van der Waals surface area contributed by atoms with Crippen LogP contribution in [-0.4, -0.2) is 26.8 Å². The van der Waals surface area contributed by atoms with Crippen molar-refractivity contribution >= 4 is 0 Å². The molecular weight excluding hydrogens is 190 g/mol. The van der Waals surface area contributed by atoms with Crippen LogP contribution < -0.4 is 5.32 Å². The number of hydrogen-bond acceptors (Lipinski definition) is 3. The van der Waals surface area contributed by atoms with Gasteiger partial charge in [0.2, 0.25) is 0 Å². The van der Waals surface area contributed by atoms with Crippen LogP contribution in [-0.2, 0) is 13.1 Å². The van der Waals surface area contributed by atoms with Gasteiger partial charge in [-0.1, -0.05) is 0 Å². The Kier molecular flexibility index (Phi) is 2.82. The Labute approximate surface area is 88.5 Å². The van der Waals surface area contributed by atoms with E-state index in [0.29, 0.717) is 0 Å². The molecule has 5 heteroatoms. The van der Waals surface area contributed by atoms with Gasteiger partial charge in [0, 0.05) is 18.3 Å². The van der Waals surface area contributed by atoms with E-state index in [0.717, 1.165) is 30.2 Å². The molecule has 0 fully saturated rings. The summed E-state index contributed by atoms with van der Waals surface area (Å²) in [6, 6.07) is 0. The van der Waals surface area contributed by atoms with Crippen LogP contribution >= 0.6 is 0 Å². The fourth-order valence-corrected chi connectivity index (χ4v) is 1.44. The zero-order chi connectivity index (χ0) is 10.7. The Hall–Kier alpha value is -1.62. The molecule has 0 unspecified atom stereocenters. The smallest absolute Gasteiger partial charge is 0.120 e. The lowest BCUT2D eigenvalue weighted by molar-refractivity contribution is 0.660. The van der Waals surface area contributed by atoms with Gasteiger partial charge in [-0.15, -0.1) is 0 Å². The third kappa shape index (κ3) is 2.07. The van der Waals surface area contributed by atoms with Crippen LogP contribution in [0.4, 0.5) is 0 Å². The summed E-state index contributed by atoms with van der Waals surface area (Å²) in [5.41, 5.74) is 2.09. The van der Waals surface area contributed by atoms with Crippen LogP contribution in [0.3, 0.4) is 0 Å². The number of nitrogens with zero attached hydrogens (tertiary/aromatic N) is 3. The van der Waals surface area contributed by atoms with E-state index in [1.165, 1.54) is 0 Å². The number of aromatic amines is 1. The second-order valence-electron chi connectivity index (χ2n) is 3.36. The Morgan fingerprint density at radius 1 is 1.47 bits per heavy atom. The minimum absolute atomic E-state index is 0.752. The topological polar surface area (TPSA) is 58.5 Å². The number of aryl methyl sites for hydroxylation is 1. The second kappa shape index (κ2) is 4.27. The highest BCUT2D eigenvalue weighted by Gasteiger charge is 2.04. The van der Waals surface area contributed by atoms with Crippen LogP contribution in [0.2, 0.25) is 0 Å². The fraction of sp³-hybridized carbons (Fsp3) is 0.400. The van der Waals surface area contributed by atoms with Crippen molar-refractivity contribution < 1.29 is 0 Å². The van der Waals surface area contributed by atoms with Crippen molar-refractivity contribution in [2.24, 2.45) is 0 Å². The van der Waals surface area contributed by atoms with E-state index >= 15 is 0 Å². The van der Waals surface area contributed by atoms with Gasteiger partial charge in [0.15, 0.2) is 0 Å². The normalized spacial score (nSPS) is 10.8. The van der Waals surface area contributed by atoms with Gasteiger partial charge < -0.3 is 10.3 Å². The SMILES string of the molecule is CCn1cc(-c2cnc(CNC)[nH]2)cn1. The lowest BCUT2D eigenvalue weighted by Crippen LogP contribution is -2.06. The van der Waals surface area contributed by atoms with Gasteiger partial charge >= 0.3 is 0 Å². The average molecular weight is 205 g/mol. The molecule has 0 spiro atoms. The van der Waals surface area contributed by atoms with E-state index < -0.39 is 0 Å². The van der Waals surface area contributed by atoms with Crippen molar-refractivity contribution in [1.82, 2.24) is 25.1 Å². The van der Waals surface area contributed by atoms with Crippen LogP contribution in [0, 0.1) is 0 Å². The van der Waals surface area contributed by atoms with Crippen molar-refractivity contribution in [3.63, 3.8) is 0 Å². The molecular formula is C10H15N5. The predicted molar refractivity (Wildman–Crippen MR) is 58.2 cm³/mol.